The third-order valence-corrected chi connectivity index (χ3v) is 1.59. The highest BCUT2D eigenvalue weighted by molar-refractivity contribution is 14.1. The van der Waals surface area contributed by atoms with Crippen LogP contribution in [0, 0.1) is 11.6 Å². The number of anilines is 1. The summed E-state index contributed by atoms with van der Waals surface area (Å²) in [5.74, 6) is -1.14. The molecule has 4 heteroatoms. The first-order valence-electron chi connectivity index (χ1n) is 2.55. The smallest absolute Gasteiger partial charge is 0.128 e. The molecule has 1 aromatic rings. The van der Waals surface area contributed by atoms with Crippen LogP contribution in [0.1, 0.15) is 0 Å². The lowest BCUT2D eigenvalue weighted by molar-refractivity contribution is 0.584. The van der Waals surface area contributed by atoms with Crippen molar-refractivity contribution in [2.75, 3.05) is 3.53 Å². The van der Waals surface area contributed by atoms with Crippen LogP contribution in [0.5, 0.6) is 0 Å². The van der Waals surface area contributed by atoms with E-state index in [1.54, 1.807) is 22.9 Å². The van der Waals surface area contributed by atoms with E-state index in [1.165, 1.54) is 12.1 Å². The van der Waals surface area contributed by atoms with Gasteiger partial charge in [0.15, 0.2) is 0 Å². The van der Waals surface area contributed by atoms with E-state index in [4.69, 9.17) is 0 Å². The van der Waals surface area contributed by atoms with Crippen LogP contribution in [-0.4, -0.2) is 0 Å². The quantitative estimate of drug-likeness (QED) is 0.601. The van der Waals surface area contributed by atoms with Crippen LogP contribution in [0.15, 0.2) is 18.2 Å². The number of halogens is 3. The second kappa shape index (κ2) is 3.14. The molecule has 0 atom stereocenters. The topological polar surface area (TPSA) is 12.0 Å². The van der Waals surface area contributed by atoms with E-state index in [9.17, 15) is 8.78 Å². The average molecular weight is 255 g/mol. The molecule has 0 aliphatic heterocycles. The van der Waals surface area contributed by atoms with Crippen molar-refractivity contribution in [3.8, 4) is 0 Å². The van der Waals surface area contributed by atoms with Gasteiger partial charge in [-0.3, -0.25) is 0 Å². The van der Waals surface area contributed by atoms with Crippen molar-refractivity contribution in [1.29, 1.82) is 0 Å². The van der Waals surface area contributed by atoms with E-state index >= 15 is 0 Å². The SMILES string of the molecule is Fc1cc(F)cc(NI)c1. The predicted octanol–water partition coefficient (Wildman–Crippen LogP) is 2.73. The van der Waals surface area contributed by atoms with Crippen molar-refractivity contribution in [3.63, 3.8) is 0 Å². The molecule has 0 aromatic heterocycles. The molecule has 0 fully saturated rings. The van der Waals surface area contributed by atoms with Gasteiger partial charge >= 0.3 is 0 Å². The van der Waals surface area contributed by atoms with Crippen LogP contribution < -0.4 is 3.53 Å². The fourth-order valence-corrected chi connectivity index (χ4v) is 0.920. The van der Waals surface area contributed by atoms with Crippen LogP contribution >= 0.6 is 22.9 Å². The Morgan fingerprint density at radius 2 is 1.60 bits per heavy atom. The minimum absolute atomic E-state index is 0.429. The maximum atomic E-state index is 12.3. The van der Waals surface area contributed by atoms with Crippen LogP contribution in [0.25, 0.3) is 0 Å². The van der Waals surface area contributed by atoms with Gasteiger partial charge in [-0.1, -0.05) is 0 Å². The fourth-order valence-electron chi connectivity index (χ4n) is 0.608. The maximum absolute atomic E-state index is 12.3. The molecule has 0 radical (unpaired) electrons. The third-order valence-electron chi connectivity index (χ3n) is 0.972. The Hall–Kier alpha value is -0.390. The number of hydrogen-bond donors (Lipinski definition) is 1. The van der Waals surface area contributed by atoms with Gasteiger partial charge in [-0.05, 0) is 12.1 Å². The zero-order valence-corrected chi connectivity index (χ0v) is 7.02. The predicted molar refractivity (Wildman–Crippen MR) is 44.0 cm³/mol. The molecule has 0 amide bonds. The lowest BCUT2D eigenvalue weighted by atomic mass is 10.3. The van der Waals surface area contributed by atoms with Crippen molar-refractivity contribution in [2.24, 2.45) is 0 Å². The Balaban J connectivity index is 3.06. The van der Waals surface area contributed by atoms with Crippen molar-refractivity contribution in [2.45, 2.75) is 0 Å². The monoisotopic (exact) mass is 255 g/mol. The first-order valence-corrected chi connectivity index (χ1v) is 3.63. The second-order valence-corrected chi connectivity index (χ2v) is 2.29. The van der Waals surface area contributed by atoms with Gasteiger partial charge in [-0.2, -0.15) is 0 Å². The lowest BCUT2D eigenvalue weighted by Crippen LogP contribution is -1.83. The Morgan fingerprint density at radius 1 is 1.10 bits per heavy atom. The van der Waals surface area contributed by atoms with Gasteiger partial charge in [0.05, 0.1) is 22.9 Å². The van der Waals surface area contributed by atoms with Gasteiger partial charge in [0.2, 0.25) is 0 Å². The van der Waals surface area contributed by atoms with Crippen molar-refractivity contribution in [1.82, 2.24) is 0 Å². The molecule has 0 heterocycles. The lowest BCUT2D eigenvalue weighted by Gasteiger charge is -1.96. The number of hydrogen-bond acceptors (Lipinski definition) is 1. The van der Waals surface area contributed by atoms with Crippen LogP contribution in [0.2, 0.25) is 0 Å². The standard InChI is InChI=1S/C6H4F2IN/c7-4-1-5(8)3-6(2-4)10-9/h1-3,10H. The first kappa shape index (κ1) is 7.71. The Kier molecular flexibility index (Phi) is 2.42. The molecule has 1 aromatic carbocycles. The second-order valence-electron chi connectivity index (χ2n) is 1.75. The normalized spacial score (nSPS) is 9.50. The molecule has 1 rings (SSSR count). The highest BCUT2D eigenvalue weighted by Crippen LogP contribution is 2.13. The number of nitrogens with one attached hydrogen (secondary N) is 1. The molecular formula is C6H4F2IN. The van der Waals surface area contributed by atoms with Gasteiger partial charge in [0.1, 0.15) is 11.6 Å². The van der Waals surface area contributed by atoms with E-state index in [0.29, 0.717) is 5.69 Å². The van der Waals surface area contributed by atoms with Gasteiger partial charge in [0, 0.05) is 11.8 Å². The van der Waals surface area contributed by atoms with Gasteiger partial charge in [0.25, 0.3) is 0 Å². The summed E-state index contributed by atoms with van der Waals surface area (Å²) in [5.41, 5.74) is 0.429. The van der Waals surface area contributed by atoms with E-state index < -0.39 is 11.6 Å². The largest absolute Gasteiger partial charge is 0.328 e. The Morgan fingerprint density at radius 3 is 2.00 bits per heavy atom. The molecule has 1 N–H and O–H groups in total. The van der Waals surface area contributed by atoms with Crippen molar-refractivity contribution < 1.29 is 8.78 Å². The van der Waals surface area contributed by atoms with Gasteiger partial charge in [-0.15, -0.1) is 0 Å². The molecule has 0 saturated carbocycles. The molecule has 0 aliphatic carbocycles. The summed E-state index contributed by atoms with van der Waals surface area (Å²) in [4.78, 5) is 0. The summed E-state index contributed by atoms with van der Waals surface area (Å²) >= 11 is 1.80. The Labute approximate surface area is 70.9 Å². The molecule has 54 valence electrons. The maximum Gasteiger partial charge on any atom is 0.128 e. The van der Waals surface area contributed by atoms with Crippen LogP contribution in [0.4, 0.5) is 14.5 Å². The molecule has 0 unspecified atom stereocenters. The Bertz CT molecular complexity index is 219. The third kappa shape index (κ3) is 1.80. The molecule has 0 bridgehead atoms. The molecule has 0 spiro atoms. The average Bonchev–Trinajstić information content (AvgIpc) is 1.85. The molecule has 0 saturated heterocycles. The van der Waals surface area contributed by atoms with Crippen molar-refractivity contribution in [3.05, 3.63) is 29.8 Å². The summed E-state index contributed by atoms with van der Waals surface area (Å²) in [5, 5.41) is 0. The summed E-state index contributed by atoms with van der Waals surface area (Å²) in [6, 6.07) is 3.27. The molecule has 1 nitrogen and oxygen atoms in total. The molecule has 10 heavy (non-hydrogen) atoms. The fraction of sp³-hybridized carbons (Fsp3) is 0. The zero-order valence-electron chi connectivity index (χ0n) is 4.87. The number of benzene rings is 1. The van der Waals surface area contributed by atoms with Crippen LogP contribution in [0.3, 0.4) is 0 Å². The number of rotatable bonds is 1. The van der Waals surface area contributed by atoms with Gasteiger partial charge in [-0.25, -0.2) is 8.78 Å². The van der Waals surface area contributed by atoms with E-state index in [2.05, 4.69) is 3.53 Å². The van der Waals surface area contributed by atoms with Crippen LogP contribution in [-0.2, 0) is 0 Å². The minimum Gasteiger partial charge on any atom is -0.328 e. The molecule has 0 aliphatic rings. The van der Waals surface area contributed by atoms with Gasteiger partial charge < -0.3 is 3.53 Å². The van der Waals surface area contributed by atoms with E-state index in [0.717, 1.165) is 6.07 Å². The highest BCUT2D eigenvalue weighted by atomic mass is 127. The minimum atomic E-state index is -0.570. The summed E-state index contributed by atoms with van der Waals surface area (Å²) in [7, 11) is 0. The van der Waals surface area contributed by atoms with Crippen molar-refractivity contribution >= 4 is 28.6 Å². The van der Waals surface area contributed by atoms with E-state index in [1.807, 2.05) is 0 Å². The highest BCUT2D eigenvalue weighted by Gasteiger charge is 1.97. The van der Waals surface area contributed by atoms with E-state index in [-0.39, 0.29) is 0 Å². The summed E-state index contributed by atoms with van der Waals surface area (Å²) < 4.78 is 27.3. The molecular weight excluding hydrogens is 251 g/mol. The summed E-state index contributed by atoms with van der Waals surface area (Å²) in [6.45, 7) is 0. The zero-order chi connectivity index (χ0) is 7.56. The summed E-state index contributed by atoms with van der Waals surface area (Å²) in [6.07, 6.45) is 0. The first-order chi connectivity index (χ1) is 4.72.